The number of nitrogens with zero attached hydrogens (tertiary/aromatic N) is 1. The van der Waals surface area contributed by atoms with Crippen LogP contribution in [0.4, 0.5) is 0 Å². The van der Waals surface area contributed by atoms with Gasteiger partial charge in [-0.3, -0.25) is 9.59 Å². The van der Waals surface area contributed by atoms with Crippen LogP contribution in [0.5, 0.6) is 0 Å². The summed E-state index contributed by atoms with van der Waals surface area (Å²) in [5, 5.41) is 3.59. The largest absolute Gasteiger partial charge is 0.354 e. The smallest absolute Gasteiger partial charge is 0.243 e. The standard InChI is InChI=1S/C28H31ClN2O2S/c1-2-18-30-28(33)26(20-22-11-5-3-6-12-22)31(21-23-13-9-10-16-25(23)29)27(32)17-19-34-24-14-7-4-8-15-24/h3-16,26H,2,17-21H2,1H3,(H,30,33)/t26-/m0/s1. The van der Waals surface area contributed by atoms with Crippen molar-refractivity contribution in [1.82, 2.24) is 10.2 Å². The van der Waals surface area contributed by atoms with E-state index < -0.39 is 6.04 Å². The minimum absolute atomic E-state index is 0.0593. The minimum atomic E-state index is -0.626. The lowest BCUT2D eigenvalue weighted by molar-refractivity contribution is -0.141. The number of hydrogen-bond donors (Lipinski definition) is 1. The highest BCUT2D eigenvalue weighted by molar-refractivity contribution is 7.99. The van der Waals surface area contributed by atoms with Crippen LogP contribution in [0.25, 0.3) is 0 Å². The predicted molar refractivity (Wildman–Crippen MR) is 141 cm³/mol. The Morgan fingerprint density at radius 1 is 0.941 bits per heavy atom. The van der Waals surface area contributed by atoms with Crippen LogP contribution in [0, 0.1) is 0 Å². The highest BCUT2D eigenvalue weighted by atomic mass is 35.5. The van der Waals surface area contributed by atoms with Gasteiger partial charge in [-0.25, -0.2) is 0 Å². The molecule has 0 aromatic heterocycles. The Kier molecular flexibility index (Phi) is 10.5. The molecule has 3 aromatic carbocycles. The Bertz CT molecular complexity index is 1050. The maximum absolute atomic E-state index is 13.5. The van der Waals surface area contributed by atoms with Gasteiger partial charge in [0.2, 0.25) is 11.8 Å². The molecule has 4 nitrogen and oxygen atoms in total. The van der Waals surface area contributed by atoms with E-state index in [0.717, 1.165) is 22.4 Å². The van der Waals surface area contributed by atoms with Gasteiger partial charge in [-0.1, -0.05) is 85.3 Å². The molecule has 34 heavy (non-hydrogen) atoms. The molecule has 0 heterocycles. The van der Waals surface area contributed by atoms with Gasteiger partial charge in [-0.05, 0) is 35.7 Å². The Morgan fingerprint density at radius 2 is 1.59 bits per heavy atom. The van der Waals surface area contributed by atoms with Gasteiger partial charge < -0.3 is 10.2 Å². The van der Waals surface area contributed by atoms with E-state index in [-0.39, 0.29) is 18.4 Å². The fourth-order valence-electron chi connectivity index (χ4n) is 3.65. The van der Waals surface area contributed by atoms with Crippen LogP contribution in [-0.2, 0) is 22.6 Å². The summed E-state index contributed by atoms with van der Waals surface area (Å²) >= 11 is 8.08. The van der Waals surface area contributed by atoms with Crippen molar-refractivity contribution in [3.8, 4) is 0 Å². The van der Waals surface area contributed by atoms with Crippen molar-refractivity contribution < 1.29 is 9.59 Å². The summed E-state index contributed by atoms with van der Waals surface area (Å²) < 4.78 is 0. The number of amides is 2. The molecule has 0 saturated heterocycles. The van der Waals surface area contributed by atoms with Crippen LogP contribution >= 0.6 is 23.4 Å². The minimum Gasteiger partial charge on any atom is -0.354 e. The second-order valence-electron chi connectivity index (χ2n) is 8.02. The normalized spacial score (nSPS) is 11.6. The van der Waals surface area contributed by atoms with Crippen molar-refractivity contribution in [2.24, 2.45) is 0 Å². The average molecular weight is 495 g/mol. The lowest BCUT2D eigenvalue weighted by Gasteiger charge is -2.32. The summed E-state index contributed by atoms with van der Waals surface area (Å²) in [5.74, 6) is 0.439. The first-order valence-electron chi connectivity index (χ1n) is 11.6. The Morgan fingerprint density at radius 3 is 2.26 bits per heavy atom. The Balaban J connectivity index is 1.84. The molecule has 0 radical (unpaired) electrons. The molecule has 0 aliphatic carbocycles. The van der Waals surface area contributed by atoms with Crippen molar-refractivity contribution in [2.45, 2.75) is 43.7 Å². The molecule has 0 fully saturated rings. The monoisotopic (exact) mass is 494 g/mol. The van der Waals surface area contributed by atoms with Gasteiger partial charge in [0.15, 0.2) is 0 Å². The third-order valence-electron chi connectivity index (χ3n) is 5.45. The van der Waals surface area contributed by atoms with E-state index in [4.69, 9.17) is 11.6 Å². The molecule has 2 amide bonds. The molecular weight excluding hydrogens is 464 g/mol. The van der Waals surface area contributed by atoms with Gasteiger partial charge in [0.1, 0.15) is 6.04 Å². The molecule has 6 heteroatoms. The summed E-state index contributed by atoms with van der Waals surface area (Å²) in [5.41, 5.74) is 1.84. The zero-order valence-corrected chi connectivity index (χ0v) is 21.0. The maximum Gasteiger partial charge on any atom is 0.243 e. The molecule has 0 spiro atoms. The lowest BCUT2D eigenvalue weighted by atomic mass is 10.0. The van der Waals surface area contributed by atoms with E-state index >= 15 is 0 Å². The Labute approximate surface area is 211 Å². The molecule has 178 valence electrons. The molecule has 3 rings (SSSR count). The quantitative estimate of drug-likeness (QED) is 0.315. The van der Waals surface area contributed by atoms with E-state index in [0.29, 0.717) is 30.2 Å². The topological polar surface area (TPSA) is 49.4 Å². The number of carbonyl (C=O) groups is 2. The van der Waals surface area contributed by atoms with E-state index in [1.165, 1.54) is 0 Å². The highest BCUT2D eigenvalue weighted by Crippen LogP contribution is 2.23. The van der Waals surface area contributed by atoms with Crippen LogP contribution in [0.15, 0.2) is 89.8 Å². The van der Waals surface area contributed by atoms with Gasteiger partial charge >= 0.3 is 0 Å². The van der Waals surface area contributed by atoms with Crippen LogP contribution in [0.2, 0.25) is 5.02 Å². The number of carbonyl (C=O) groups excluding carboxylic acids is 2. The third-order valence-corrected chi connectivity index (χ3v) is 6.83. The number of nitrogens with one attached hydrogen (secondary N) is 1. The highest BCUT2D eigenvalue weighted by Gasteiger charge is 2.30. The predicted octanol–water partition coefficient (Wildman–Crippen LogP) is 5.99. The summed E-state index contributed by atoms with van der Waals surface area (Å²) in [6, 6.07) is 26.7. The fraction of sp³-hybridized carbons (Fsp3) is 0.286. The first-order chi connectivity index (χ1) is 16.6. The van der Waals surface area contributed by atoms with Gasteiger partial charge in [-0.15, -0.1) is 11.8 Å². The fourth-order valence-corrected chi connectivity index (χ4v) is 4.70. The van der Waals surface area contributed by atoms with Crippen molar-refractivity contribution in [3.63, 3.8) is 0 Å². The second-order valence-corrected chi connectivity index (χ2v) is 9.60. The molecule has 0 unspecified atom stereocenters. The lowest BCUT2D eigenvalue weighted by Crippen LogP contribution is -2.50. The summed E-state index contributed by atoms with van der Waals surface area (Å²) in [7, 11) is 0. The summed E-state index contributed by atoms with van der Waals surface area (Å²) in [6.45, 7) is 2.87. The molecule has 0 saturated carbocycles. The maximum atomic E-state index is 13.5. The molecule has 1 N–H and O–H groups in total. The number of hydrogen-bond acceptors (Lipinski definition) is 3. The summed E-state index contributed by atoms with van der Waals surface area (Å²) in [4.78, 5) is 29.6. The number of benzene rings is 3. The average Bonchev–Trinajstić information content (AvgIpc) is 2.87. The van der Waals surface area contributed by atoms with Gasteiger partial charge in [0.25, 0.3) is 0 Å². The van der Waals surface area contributed by atoms with Crippen molar-refractivity contribution in [3.05, 3.63) is 101 Å². The zero-order valence-electron chi connectivity index (χ0n) is 19.5. The molecular formula is C28H31ClN2O2S. The zero-order chi connectivity index (χ0) is 24.2. The molecule has 1 atom stereocenters. The van der Waals surface area contributed by atoms with Crippen molar-refractivity contribution >= 4 is 35.2 Å². The first-order valence-corrected chi connectivity index (χ1v) is 13.0. The molecule has 0 aliphatic heterocycles. The Hall–Kier alpha value is -2.76. The van der Waals surface area contributed by atoms with Gasteiger partial charge in [-0.2, -0.15) is 0 Å². The van der Waals surface area contributed by atoms with E-state index in [1.54, 1.807) is 16.7 Å². The number of rotatable bonds is 12. The van der Waals surface area contributed by atoms with Crippen LogP contribution < -0.4 is 5.32 Å². The van der Waals surface area contributed by atoms with E-state index in [2.05, 4.69) is 5.32 Å². The SMILES string of the molecule is CCCNC(=O)[C@H](Cc1ccccc1)N(Cc1ccccc1Cl)C(=O)CCSc1ccccc1. The van der Waals surface area contributed by atoms with Crippen LogP contribution in [0.1, 0.15) is 30.9 Å². The third kappa shape index (κ3) is 7.93. The van der Waals surface area contributed by atoms with E-state index in [1.807, 2.05) is 91.9 Å². The molecule has 3 aromatic rings. The summed E-state index contributed by atoms with van der Waals surface area (Å²) in [6.07, 6.45) is 1.60. The van der Waals surface area contributed by atoms with Crippen LogP contribution in [0.3, 0.4) is 0 Å². The number of halogens is 1. The second kappa shape index (κ2) is 13.8. The van der Waals surface area contributed by atoms with E-state index in [9.17, 15) is 9.59 Å². The first kappa shape index (κ1) is 25.9. The van der Waals surface area contributed by atoms with Crippen LogP contribution in [-0.4, -0.2) is 35.1 Å². The van der Waals surface area contributed by atoms with Gasteiger partial charge in [0.05, 0.1) is 0 Å². The van der Waals surface area contributed by atoms with Crippen molar-refractivity contribution in [2.75, 3.05) is 12.3 Å². The molecule has 0 aliphatic rings. The number of thioether (sulfide) groups is 1. The van der Waals surface area contributed by atoms with Gasteiger partial charge in [0, 0.05) is 41.6 Å². The van der Waals surface area contributed by atoms with Crippen molar-refractivity contribution in [1.29, 1.82) is 0 Å². The molecule has 0 bridgehead atoms.